The van der Waals surface area contributed by atoms with Crippen molar-refractivity contribution in [2.45, 2.75) is 13.8 Å². The second-order valence-electron chi connectivity index (χ2n) is 4.95. The van der Waals surface area contributed by atoms with Crippen molar-refractivity contribution in [2.24, 2.45) is 0 Å². The summed E-state index contributed by atoms with van der Waals surface area (Å²) in [6.45, 7) is 3.84. The molecule has 0 radical (unpaired) electrons. The van der Waals surface area contributed by atoms with Crippen LogP contribution >= 0.6 is 12.2 Å². The van der Waals surface area contributed by atoms with E-state index >= 15 is 0 Å². The predicted molar refractivity (Wildman–Crippen MR) is 92.7 cm³/mol. The molecule has 0 heterocycles. The summed E-state index contributed by atoms with van der Waals surface area (Å²) in [5, 5.41) is 16.5. The molecule has 2 N–H and O–H groups in total. The highest BCUT2D eigenvalue weighted by molar-refractivity contribution is 7.80. The fraction of sp³-hybridized carbons (Fsp3) is 0.125. The first-order valence-electron chi connectivity index (χ1n) is 6.82. The third-order valence-electron chi connectivity index (χ3n) is 3.29. The zero-order valence-electron chi connectivity index (χ0n) is 12.6. The average Bonchev–Trinajstić information content (AvgIpc) is 2.51. The van der Waals surface area contributed by atoms with Crippen LogP contribution < -0.4 is 10.6 Å². The van der Waals surface area contributed by atoms with Crippen molar-refractivity contribution >= 4 is 34.6 Å². The van der Waals surface area contributed by atoms with Gasteiger partial charge >= 0.3 is 0 Å². The van der Waals surface area contributed by atoms with Crippen molar-refractivity contribution in [2.75, 3.05) is 5.32 Å². The molecule has 0 atom stereocenters. The smallest absolute Gasteiger partial charge is 0.282 e. The van der Waals surface area contributed by atoms with E-state index in [0.29, 0.717) is 0 Å². The van der Waals surface area contributed by atoms with E-state index in [0.717, 1.165) is 16.8 Å². The lowest BCUT2D eigenvalue weighted by Crippen LogP contribution is -2.34. The molecule has 0 aromatic heterocycles. The van der Waals surface area contributed by atoms with E-state index in [2.05, 4.69) is 10.6 Å². The first kappa shape index (κ1) is 16.6. The Kier molecular flexibility index (Phi) is 5.02. The number of anilines is 1. The highest BCUT2D eigenvalue weighted by atomic mass is 32.1. The summed E-state index contributed by atoms with van der Waals surface area (Å²) in [6.07, 6.45) is 0. The number of nitrogens with one attached hydrogen (secondary N) is 2. The SMILES string of the molecule is Cc1cccc(C)c1NC(=S)NC(=O)c1ccccc1[N+](=O)[O-]. The van der Waals surface area contributed by atoms with Crippen LogP contribution in [0.2, 0.25) is 0 Å². The van der Waals surface area contributed by atoms with Gasteiger partial charge in [-0.25, -0.2) is 0 Å². The summed E-state index contributed by atoms with van der Waals surface area (Å²) in [5.74, 6) is -0.624. The maximum Gasteiger partial charge on any atom is 0.282 e. The summed E-state index contributed by atoms with van der Waals surface area (Å²) in [7, 11) is 0. The maximum atomic E-state index is 12.2. The first-order valence-corrected chi connectivity index (χ1v) is 7.23. The fourth-order valence-electron chi connectivity index (χ4n) is 2.15. The molecule has 23 heavy (non-hydrogen) atoms. The van der Waals surface area contributed by atoms with Gasteiger partial charge in [-0.05, 0) is 43.3 Å². The molecule has 0 fully saturated rings. The Hall–Kier alpha value is -2.80. The summed E-state index contributed by atoms with van der Waals surface area (Å²) in [6, 6.07) is 11.5. The molecular weight excluding hydrogens is 314 g/mol. The highest BCUT2D eigenvalue weighted by Crippen LogP contribution is 2.20. The first-order chi connectivity index (χ1) is 10.9. The van der Waals surface area contributed by atoms with Gasteiger partial charge in [0.05, 0.1) is 4.92 Å². The largest absolute Gasteiger partial charge is 0.332 e. The summed E-state index contributed by atoms with van der Waals surface area (Å²) < 4.78 is 0. The number of benzene rings is 2. The van der Waals surface area contributed by atoms with Crippen LogP contribution in [0.5, 0.6) is 0 Å². The van der Waals surface area contributed by atoms with Crippen LogP contribution in [0.25, 0.3) is 0 Å². The Morgan fingerprint density at radius 1 is 1.09 bits per heavy atom. The topological polar surface area (TPSA) is 84.3 Å². The standard InChI is InChI=1S/C16H15N3O3S/c1-10-6-5-7-11(2)14(10)17-16(23)18-15(20)12-8-3-4-9-13(12)19(21)22/h3-9H,1-2H3,(H2,17,18,20,23). The van der Waals surface area contributed by atoms with Gasteiger partial charge in [0.1, 0.15) is 5.56 Å². The maximum absolute atomic E-state index is 12.2. The number of thiocarbonyl (C=S) groups is 1. The van der Waals surface area contributed by atoms with Gasteiger partial charge in [-0.2, -0.15) is 0 Å². The molecule has 0 aliphatic rings. The van der Waals surface area contributed by atoms with Crippen LogP contribution in [-0.4, -0.2) is 15.9 Å². The van der Waals surface area contributed by atoms with Crippen molar-refractivity contribution in [1.82, 2.24) is 5.32 Å². The molecule has 0 aliphatic carbocycles. The van der Waals surface area contributed by atoms with Crippen molar-refractivity contribution in [3.63, 3.8) is 0 Å². The Labute approximate surface area is 138 Å². The number of rotatable bonds is 3. The Morgan fingerprint density at radius 2 is 1.70 bits per heavy atom. The number of para-hydroxylation sites is 2. The molecular formula is C16H15N3O3S. The van der Waals surface area contributed by atoms with Gasteiger partial charge in [0.25, 0.3) is 11.6 Å². The molecule has 7 heteroatoms. The summed E-state index contributed by atoms with van der Waals surface area (Å²) in [4.78, 5) is 22.6. The number of amides is 1. The van der Waals surface area contributed by atoms with E-state index < -0.39 is 10.8 Å². The van der Waals surface area contributed by atoms with Crippen LogP contribution in [0.3, 0.4) is 0 Å². The monoisotopic (exact) mass is 329 g/mol. The molecule has 0 saturated carbocycles. The van der Waals surface area contributed by atoms with Crippen molar-refractivity contribution in [3.8, 4) is 0 Å². The molecule has 2 aromatic rings. The van der Waals surface area contributed by atoms with Crippen molar-refractivity contribution in [3.05, 3.63) is 69.3 Å². The van der Waals surface area contributed by atoms with Gasteiger partial charge in [-0.15, -0.1) is 0 Å². The molecule has 0 saturated heterocycles. The number of nitro benzene ring substituents is 1. The zero-order valence-corrected chi connectivity index (χ0v) is 13.4. The number of carbonyl (C=O) groups excluding carboxylic acids is 1. The van der Waals surface area contributed by atoms with Crippen molar-refractivity contribution in [1.29, 1.82) is 0 Å². The third-order valence-corrected chi connectivity index (χ3v) is 3.50. The number of nitrogens with zero attached hydrogens (tertiary/aromatic N) is 1. The van der Waals surface area contributed by atoms with E-state index in [-0.39, 0.29) is 16.4 Å². The van der Waals surface area contributed by atoms with Crippen LogP contribution in [0.15, 0.2) is 42.5 Å². The quantitative estimate of drug-likeness (QED) is 0.512. The molecule has 118 valence electrons. The van der Waals surface area contributed by atoms with Crippen LogP contribution in [0, 0.1) is 24.0 Å². The third kappa shape index (κ3) is 3.89. The fourth-order valence-corrected chi connectivity index (χ4v) is 2.35. The van der Waals surface area contributed by atoms with E-state index in [4.69, 9.17) is 12.2 Å². The van der Waals surface area contributed by atoms with Crippen LogP contribution in [0.4, 0.5) is 11.4 Å². The molecule has 0 unspecified atom stereocenters. The minimum absolute atomic E-state index is 0.0387. The molecule has 0 spiro atoms. The molecule has 6 nitrogen and oxygen atoms in total. The minimum Gasteiger partial charge on any atom is -0.332 e. The number of hydrogen-bond acceptors (Lipinski definition) is 4. The molecule has 2 rings (SSSR count). The number of aryl methyl sites for hydroxylation is 2. The molecule has 1 amide bonds. The van der Waals surface area contributed by atoms with Crippen molar-refractivity contribution < 1.29 is 9.72 Å². The zero-order chi connectivity index (χ0) is 17.0. The van der Waals surface area contributed by atoms with Gasteiger partial charge in [0.2, 0.25) is 0 Å². The van der Waals surface area contributed by atoms with Gasteiger partial charge < -0.3 is 5.32 Å². The van der Waals surface area contributed by atoms with Gasteiger partial charge in [0, 0.05) is 11.8 Å². The van der Waals surface area contributed by atoms with Gasteiger partial charge in [-0.3, -0.25) is 20.2 Å². The van der Waals surface area contributed by atoms with E-state index in [1.165, 1.54) is 18.2 Å². The number of nitro groups is 1. The van der Waals surface area contributed by atoms with Gasteiger partial charge in [-0.1, -0.05) is 30.3 Å². The lowest BCUT2D eigenvalue weighted by molar-refractivity contribution is -0.385. The van der Waals surface area contributed by atoms with E-state index in [1.807, 2.05) is 32.0 Å². The lowest BCUT2D eigenvalue weighted by atomic mass is 10.1. The second kappa shape index (κ2) is 6.97. The predicted octanol–water partition coefficient (Wildman–Crippen LogP) is 3.34. The average molecular weight is 329 g/mol. The van der Waals surface area contributed by atoms with Crippen LogP contribution in [-0.2, 0) is 0 Å². The Bertz CT molecular complexity index is 770. The Morgan fingerprint density at radius 3 is 2.30 bits per heavy atom. The second-order valence-corrected chi connectivity index (χ2v) is 5.36. The summed E-state index contributed by atoms with van der Waals surface area (Å²) >= 11 is 5.13. The normalized spacial score (nSPS) is 10.0. The highest BCUT2D eigenvalue weighted by Gasteiger charge is 2.20. The number of hydrogen-bond donors (Lipinski definition) is 2. The minimum atomic E-state index is -0.624. The van der Waals surface area contributed by atoms with E-state index in [9.17, 15) is 14.9 Å². The Balaban J connectivity index is 2.15. The molecule has 0 aliphatic heterocycles. The number of carbonyl (C=O) groups is 1. The van der Waals surface area contributed by atoms with Crippen LogP contribution in [0.1, 0.15) is 21.5 Å². The van der Waals surface area contributed by atoms with Gasteiger partial charge in [0.15, 0.2) is 5.11 Å². The molecule has 2 aromatic carbocycles. The summed E-state index contributed by atoms with van der Waals surface area (Å²) in [5.41, 5.74) is 2.46. The molecule has 0 bridgehead atoms. The lowest BCUT2D eigenvalue weighted by Gasteiger charge is -2.14. The van der Waals surface area contributed by atoms with E-state index in [1.54, 1.807) is 6.07 Å².